The molecule has 160 valence electrons. The predicted octanol–water partition coefficient (Wildman–Crippen LogP) is 1.26. The number of rotatable bonds is 7. The van der Waals surface area contributed by atoms with Gasteiger partial charge < -0.3 is 10.6 Å². The summed E-state index contributed by atoms with van der Waals surface area (Å²) in [7, 11) is -3.33. The Balaban J connectivity index is 1.61. The fourth-order valence-corrected chi connectivity index (χ4v) is 3.68. The second kappa shape index (κ2) is 10.8. The predicted molar refractivity (Wildman–Crippen MR) is 108 cm³/mol. The summed E-state index contributed by atoms with van der Waals surface area (Å²) >= 11 is 0. The Morgan fingerprint density at radius 2 is 1.66 bits per heavy atom. The van der Waals surface area contributed by atoms with E-state index in [2.05, 4.69) is 21.5 Å². The molecule has 10 heteroatoms. The van der Waals surface area contributed by atoms with E-state index in [1.807, 2.05) is 0 Å². The van der Waals surface area contributed by atoms with E-state index in [0.29, 0.717) is 13.0 Å². The van der Waals surface area contributed by atoms with Crippen molar-refractivity contribution in [3.63, 3.8) is 0 Å². The van der Waals surface area contributed by atoms with Crippen molar-refractivity contribution in [2.45, 2.75) is 55.9 Å². The van der Waals surface area contributed by atoms with Crippen LogP contribution in [0.4, 0.5) is 4.79 Å². The maximum atomic E-state index is 12.0. The van der Waals surface area contributed by atoms with E-state index in [-0.39, 0.29) is 34.9 Å². The number of amides is 4. The molecule has 0 aliphatic heterocycles. The van der Waals surface area contributed by atoms with E-state index in [9.17, 15) is 22.8 Å². The molecule has 0 spiro atoms. The molecular formula is C19H28N4O5S. The summed E-state index contributed by atoms with van der Waals surface area (Å²) < 4.78 is 22.8. The monoisotopic (exact) mass is 424 g/mol. The average Bonchev–Trinajstić information content (AvgIpc) is 2.69. The number of benzene rings is 1. The Kier molecular flexibility index (Phi) is 8.44. The summed E-state index contributed by atoms with van der Waals surface area (Å²) in [5.74, 6) is -0.941. The summed E-state index contributed by atoms with van der Waals surface area (Å²) in [4.78, 5) is 35.7. The van der Waals surface area contributed by atoms with Gasteiger partial charge in [-0.25, -0.2) is 13.2 Å². The van der Waals surface area contributed by atoms with Crippen LogP contribution >= 0.6 is 0 Å². The highest BCUT2D eigenvalue weighted by atomic mass is 32.2. The van der Waals surface area contributed by atoms with Crippen LogP contribution in [0.15, 0.2) is 29.2 Å². The Labute approximate surface area is 170 Å². The molecular weight excluding hydrogens is 396 g/mol. The van der Waals surface area contributed by atoms with Gasteiger partial charge in [-0.05, 0) is 43.5 Å². The van der Waals surface area contributed by atoms with Crippen molar-refractivity contribution in [3.05, 3.63) is 29.8 Å². The van der Waals surface area contributed by atoms with Crippen LogP contribution in [-0.2, 0) is 14.6 Å². The van der Waals surface area contributed by atoms with Crippen molar-refractivity contribution in [3.8, 4) is 0 Å². The summed E-state index contributed by atoms with van der Waals surface area (Å²) in [5.41, 5.74) is 4.79. The second-order valence-corrected chi connectivity index (χ2v) is 9.15. The number of hydrogen-bond acceptors (Lipinski definition) is 5. The van der Waals surface area contributed by atoms with Gasteiger partial charge in [0.25, 0.3) is 5.91 Å². The molecule has 4 N–H and O–H groups in total. The zero-order valence-electron chi connectivity index (χ0n) is 16.5. The van der Waals surface area contributed by atoms with Crippen LogP contribution in [0.2, 0.25) is 0 Å². The maximum Gasteiger partial charge on any atom is 0.315 e. The van der Waals surface area contributed by atoms with Crippen molar-refractivity contribution in [2.75, 3.05) is 12.8 Å². The lowest BCUT2D eigenvalue weighted by Gasteiger charge is -2.22. The first-order valence-corrected chi connectivity index (χ1v) is 11.6. The van der Waals surface area contributed by atoms with Crippen LogP contribution in [0.5, 0.6) is 0 Å². The largest absolute Gasteiger partial charge is 0.338 e. The van der Waals surface area contributed by atoms with Crippen molar-refractivity contribution >= 4 is 27.7 Å². The van der Waals surface area contributed by atoms with Crippen LogP contribution in [0.3, 0.4) is 0 Å². The Morgan fingerprint density at radius 3 is 2.28 bits per heavy atom. The minimum atomic E-state index is -3.33. The molecule has 9 nitrogen and oxygen atoms in total. The first kappa shape index (κ1) is 22.7. The Morgan fingerprint density at radius 1 is 1.00 bits per heavy atom. The first-order chi connectivity index (χ1) is 13.8. The van der Waals surface area contributed by atoms with Gasteiger partial charge in [-0.1, -0.05) is 19.3 Å². The number of sulfone groups is 1. The van der Waals surface area contributed by atoms with Crippen molar-refractivity contribution in [2.24, 2.45) is 0 Å². The number of urea groups is 1. The highest BCUT2D eigenvalue weighted by molar-refractivity contribution is 7.90. The van der Waals surface area contributed by atoms with Crippen molar-refractivity contribution in [1.82, 2.24) is 21.5 Å². The summed E-state index contributed by atoms with van der Waals surface area (Å²) in [5, 5.41) is 5.66. The Hall–Kier alpha value is -2.62. The van der Waals surface area contributed by atoms with E-state index in [1.54, 1.807) is 0 Å². The second-order valence-electron chi connectivity index (χ2n) is 7.14. The van der Waals surface area contributed by atoms with Gasteiger partial charge in [-0.3, -0.25) is 20.4 Å². The summed E-state index contributed by atoms with van der Waals surface area (Å²) in [6.07, 6.45) is 7.16. The molecule has 1 aromatic rings. The molecule has 1 aliphatic carbocycles. The van der Waals surface area contributed by atoms with E-state index in [1.165, 1.54) is 30.7 Å². The first-order valence-electron chi connectivity index (χ1n) is 9.69. The van der Waals surface area contributed by atoms with Gasteiger partial charge in [0.05, 0.1) is 4.90 Å². The fourth-order valence-electron chi connectivity index (χ4n) is 3.05. The molecule has 0 unspecified atom stereocenters. The van der Waals surface area contributed by atoms with Crippen molar-refractivity contribution in [1.29, 1.82) is 0 Å². The molecule has 1 saturated carbocycles. The average molecular weight is 425 g/mol. The third-order valence-corrected chi connectivity index (χ3v) is 5.80. The third-order valence-electron chi connectivity index (χ3n) is 4.67. The van der Waals surface area contributed by atoms with Gasteiger partial charge in [0, 0.05) is 30.8 Å². The van der Waals surface area contributed by atoms with Gasteiger partial charge in [-0.2, -0.15) is 0 Å². The lowest BCUT2D eigenvalue weighted by atomic mass is 9.96. The van der Waals surface area contributed by atoms with Crippen LogP contribution in [-0.4, -0.2) is 45.1 Å². The molecule has 1 aliphatic rings. The number of hydrogen-bond donors (Lipinski definition) is 4. The van der Waals surface area contributed by atoms with E-state index in [4.69, 9.17) is 0 Å². The Bertz CT molecular complexity index is 818. The lowest BCUT2D eigenvalue weighted by Crippen LogP contribution is -2.44. The van der Waals surface area contributed by atoms with Gasteiger partial charge >= 0.3 is 6.03 Å². The molecule has 4 amide bonds. The standard InChI is InChI=1S/C19H28N4O5S/c1-29(27,28)16-11-9-14(10-12-16)18(25)23-22-17(24)8-5-13-20-19(26)21-15-6-3-2-4-7-15/h9-12,15H,2-8,13H2,1H3,(H,22,24)(H,23,25)(H2,20,21,26). The molecule has 0 radical (unpaired) electrons. The van der Waals surface area contributed by atoms with E-state index < -0.39 is 15.7 Å². The third kappa shape index (κ3) is 8.10. The molecule has 0 bridgehead atoms. The molecule has 0 atom stereocenters. The molecule has 0 aromatic heterocycles. The molecule has 0 heterocycles. The number of carbonyl (C=O) groups is 3. The highest BCUT2D eigenvalue weighted by Gasteiger charge is 2.15. The summed E-state index contributed by atoms with van der Waals surface area (Å²) in [6.45, 7) is 0.354. The van der Waals surface area contributed by atoms with Gasteiger partial charge in [-0.15, -0.1) is 0 Å². The molecule has 1 aromatic carbocycles. The SMILES string of the molecule is CS(=O)(=O)c1ccc(C(=O)NNC(=O)CCCNC(=O)NC2CCCCC2)cc1. The number of hydrazine groups is 1. The van der Waals surface area contributed by atoms with Crippen LogP contribution in [0, 0.1) is 0 Å². The van der Waals surface area contributed by atoms with Crippen LogP contribution in [0.25, 0.3) is 0 Å². The number of nitrogens with one attached hydrogen (secondary N) is 4. The number of carbonyl (C=O) groups excluding carboxylic acids is 3. The molecule has 2 rings (SSSR count). The van der Waals surface area contributed by atoms with E-state index >= 15 is 0 Å². The minimum absolute atomic E-state index is 0.109. The van der Waals surface area contributed by atoms with E-state index in [0.717, 1.165) is 31.9 Å². The maximum absolute atomic E-state index is 12.0. The zero-order valence-corrected chi connectivity index (χ0v) is 17.3. The quantitative estimate of drug-likeness (QED) is 0.386. The van der Waals surface area contributed by atoms with Gasteiger partial charge in [0.2, 0.25) is 5.91 Å². The summed E-state index contributed by atoms with van der Waals surface area (Å²) in [6, 6.07) is 5.41. The molecule has 0 saturated heterocycles. The van der Waals surface area contributed by atoms with Gasteiger partial charge in [0.1, 0.15) is 0 Å². The molecule has 1 fully saturated rings. The normalized spacial score (nSPS) is 14.7. The van der Waals surface area contributed by atoms with Crippen LogP contribution in [0.1, 0.15) is 55.3 Å². The van der Waals surface area contributed by atoms with Crippen LogP contribution < -0.4 is 21.5 Å². The van der Waals surface area contributed by atoms with Crippen molar-refractivity contribution < 1.29 is 22.8 Å². The van der Waals surface area contributed by atoms with Gasteiger partial charge in [0.15, 0.2) is 9.84 Å². The highest BCUT2D eigenvalue weighted by Crippen LogP contribution is 2.17. The molecule has 29 heavy (non-hydrogen) atoms. The zero-order chi connectivity index (χ0) is 21.3. The smallest absolute Gasteiger partial charge is 0.315 e. The lowest BCUT2D eigenvalue weighted by molar-refractivity contribution is -0.121. The fraction of sp³-hybridized carbons (Fsp3) is 0.526. The topological polar surface area (TPSA) is 133 Å². The minimum Gasteiger partial charge on any atom is -0.338 e.